The van der Waals surface area contributed by atoms with E-state index in [1.54, 1.807) is 36.5 Å². The third-order valence-electron chi connectivity index (χ3n) is 5.29. The number of nitrogens with one attached hydrogen (secondary N) is 2. The number of nitrogens with zero attached hydrogens (tertiary/aromatic N) is 2. The fourth-order valence-corrected chi connectivity index (χ4v) is 3.67. The molecule has 0 spiro atoms. The third-order valence-corrected chi connectivity index (χ3v) is 5.70. The smallest absolute Gasteiger partial charge is 0.252 e. The van der Waals surface area contributed by atoms with Crippen molar-refractivity contribution in [2.75, 3.05) is 11.9 Å². The van der Waals surface area contributed by atoms with E-state index in [1.807, 2.05) is 60.3 Å². The van der Waals surface area contributed by atoms with Gasteiger partial charge in [-0.3, -0.25) is 14.3 Å². The highest BCUT2D eigenvalue weighted by Gasteiger charge is 2.14. The molecule has 0 fully saturated rings. The fraction of sp³-hybridized carbons (Fsp3) is 0.115. The number of amides is 2. The molecule has 4 rings (SSSR count). The summed E-state index contributed by atoms with van der Waals surface area (Å²) >= 11 is 6.10. The van der Waals surface area contributed by atoms with Gasteiger partial charge in [0.25, 0.3) is 5.91 Å². The maximum absolute atomic E-state index is 12.9. The summed E-state index contributed by atoms with van der Waals surface area (Å²) in [6.45, 7) is 2.35. The molecule has 7 heteroatoms. The Kier molecular flexibility index (Phi) is 6.86. The number of halogens is 1. The van der Waals surface area contributed by atoms with E-state index in [0.717, 1.165) is 22.3 Å². The van der Waals surface area contributed by atoms with Gasteiger partial charge in [-0.2, -0.15) is 5.10 Å². The first kappa shape index (κ1) is 22.3. The first-order valence-corrected chi connectivity index (χ1v) is 10.9. The fourth-order valence-electron chi connectivity index (χ4n) is 3.50. The van der Waals surface area contributed by atoms with E-state index in [2.05, 4.69) is 15.7 Å². The zero-order valence-electron chi connectivity index (χ0n) is 18.1. The van der Waals surface area contributed by atoms with Gasteiger partial charge in [-0.1, -0.05) is 60.1 Å². The molecule has 3 aromatic carbocycles. The van der Waals surface area contributed by atoms with E-state index in [9.17, 15) is 9.59 Å². The summed E-state index contributed by atoms with van der Waals surface area (Å²) < 4.78 is 1.85. The highest BCUT2D eigenvalue weighted by Crippen LogP contribution is 2.25. The van der Waals surface area contributed by atoms with E-state index in [-0.39, 0.29) is 18.4 Å². The van der Waals surface area contributed by atoms with Crippen LogP contribution in [0.25, 0.3) is 11.1 Å². The minimum Gasteiger partial charge on any atom is -0.343 e. The Hall–Kier alpha value is -3.90. The number of carbonyl (C=O) groups is 2. The lowest BCUT2D eigenvalue weighted by Crippen LogP contribution is -2.33. The first-order chi connectivity index (χ1) is 16.0. The van der Waals surface area contributed by atoms with Crippen LogP contribution in [0.2, 0.25) is 5.02 Å². The van der Waals surface area contributed by atoms with E-state index < -0.39 is 0 Å². The SMILES string of the molecule is Cc1c(Cl)cccc1NC(=O)CNC(=O)c1ccccc1-c1ccc(Cn2cccn2)cc1. The Morgan fingerprint density at radius 2 is 1.76 bits per heavy atom. The summed E-state index contributed by atoms with van der Waals surface area (Å²) in [6.07, 6.45) is 3.66. The van der Waals surface area contributed by atoms with Crippen LogP contribution in [0, 0.1) is 6.92 Å². The topological polar surface area (TPSA) is 76.0 Å². The van der Waals surface area contributed by atoms with Gasteiger partial charge >= 0.3 is 0 Å². The van der Waals surface area contributed by atoms with E-state index >= 15 is 0 Å². The van der Waals surface area contributed by atoms with Crippen molar-refractivity contribution in [1.82, 2.24) is 15.1 Å². The maximum Gasteiger partial charge on any atom is 0.252 e. The second-order valence-corrected chi connectivity index (χ2v) is 8.00. The lowest BCUT2D eigenvalue weighted by Gasteiger charge is -2.12. The molecular formula is C26H23ClN4O2. The number of hydrogen-bond acceptors (Lipinski definition) is 3. The highest BCUT2D eigenvalue weighted by molar-refractivity contribution is 6.31. The van der Waals surface area contributed by atoms with Gasteiger partial charge in [0, 0.05) is 28.7 Å². The lowest BCUT2D eigenvalue weighted by molar-refractivity contribution is -0.115. The van der Waals surface area contributed by atoms with Gasteiger partial charge in [0.1, 0.15) is 0 Å². The minimum absolute atomic E-state index is 0.151. The van der Waals surface area contributed by atoms with Crippen LogP contribution in [0.4, 0.5) is 5.69 Å². The second-order valence-electron chi connectivity index (χ2n) is 7.59. The summed E-state index contributed by atoms with van der Waals surface area (Å²) in [4.78, 5) is 25.2. The number of aromatic nitrogens is 2. The summed E-state index contributed by atoms with van der Waals surface area (Å²) in [6, 6.07) is 22.5. The van der Waals surface area contributed by atoms with Gasteiger partial charge in [-0.15, -0.1) is 0 Å². The Balaban J connectivity index is 1.43. The van der Waals surface area contributed by atoms with Crippen molar-refractivity contribution in [2.24, 2.45) is 0 Å². The van der Waals surface area contributed by atoms with Crippen LogP contribution in [0.1, 0.15) is 21.5 Å². The zero-order chi connectivity index (χ0) is 23.2. The Labute approximate surface area is 197 Å². The second kappa shape index (κ2) is 10.1. The Bertz CT molecular complexity index is 1270. The van der Waals surface area contributed by atoms with Crippen molar-refractivity contribution in [1.29, 1.82) is 0 Å². The van der Waals surface area contributed by atoms with Crippen molar-refractivity contribution in [2.45, 2.75) is 13.5 Å². The summed E-state index contributed by atoms with van der Waals surface area (Å²) in [5, 5.41) is 10.3. The van der Waals surface area contributed by atoms with Gasteiger partial charge < -0.3 is 10.6 Å². The highest BCUT2D eigenvalue weighted by atomic mass is 35.5. The third kappa shape index (κ3) is 5.48. The van der Waals surface area contributed by atoms with Crippen LogP contribution in [0.5, 0.6) is 0 Å². The number of benzene rings is 3. The molecule has 6 nitrogen and oxygen atoms in total. The molecule has 0 saturated heterocycles. The van der Waals surface area contributed by atoms with Gasteiger partial charge in [0.05, 0.1) is 13.1 Å². The molecule has 33 heavy (non-hydrogen) atoms. The predicted octanol–water partition coefficient (Wildman–Crippen LogP) is 4.93. The van der Waals surface area contributed by atoms with Crippen LogP contribution in [-0.4, -0.2) is 28.1 Å². The first-order valence-electron chi connectivity index (χ1n) is 10.5. The van der Waals surface area contributed by atoms with Crippen LogP contribution in [-0.2, 0) is 11.3 Å². The monoisotopic (exact) mass is 458 g/mol. The number of carbonyl (C=O) groups excluding carboxylic acids is 2. The van der Waals surface area contributed by atoms with Crippen molar-refractivity contribution in [3.63, 3.8) is 0 Å². The average Bonchev–Trinajstić information content (AvgIpc) is 3.34. The molecule has 0 radical (unpaired) electrons. The number of hydrogen-bond donors (Lipinski definition) is 2. The van der Waals surface area contributed by atoms with Gasteiger partial charge in [0.2, 0.25) is 5.91 Å². The molecule has 2 amide bonds. The van der Waals surface area contributed by atoms with E-state index in [1.165, 1.54) is 0 Å². The molecule has 1 aromatic heterocycles. The molecule has 0 aliphatic heterocycles. The molecule has 0 aliphatic carbocycles. The lowest BCUT2D eigenvalue weighted by atomic mass is 9.98. The van der Waals surface area contributed by atoms with Crippen molar-refractivity contribution >= 4 is 29.1 Å². The summed E-state index contributed by atoms with van der Waals surface area (Å²) in [5.74, 6) is -0.640. The van der Waals surface area contributed by atoms with Crippen LogP contribution < -0.4 is 10.6 Å². The molecule has 166 valence electrons. The molecule has 0 saturated carbocycles. The van der Waals surface area contributed by atoms with E-state index in [4.69, 9.17) is 11.6 Å². The van der Waals surface area contributed by atoms with E-state index in [0.29, 0.717) is 22.8 Å². The van der Waals surface area contributed by atoms with Gasteiger partial charge in [-0.05, 0) is 53.4 Å². The summed E-state index contributed by atoms with van der Waals surface area (Å²) in [5.41, 5.74) is 4.73. The zero-order valence-corrected chi connectivity index (χ0v) is 18.8. The number of rotatable bonds is 7. The van der Waals surface area contributed by atoms with Crippen LogP contribution in [0.15, 0.2) is 85.2 Å². The predicted molar refractivity (Wildman–Crippen MR) is 130 cm³/mol. The normalized spacial score (nSPS) is 10.6. The molecule has 4 aromatic rings. The van der Waals surface area contributed by atoms with Crippen LogP contribution >= 0.6 is 11.6 Å². The van der Waals surface area contributed by atoms with Crippen molar-refractivity contribution in [3.8, 4) is 11.1 Å². The molecule has 0 unspecified atom stereocenters. The number of anilines is 1. The summed E-state index contributed by atoms with van der Waals surface area (Å²) in [7, 11) is 0. The molecule has 0 aliphatic rings. The van der Waals surface area contributed by atoms with Gasteiger partial charge in [0.15, 0.2) is 0 Å². The molecule has 2 N–H and O–H groups in total. The molecular weight excluding hydrogens is 436 g/mol. The standard InChI is InChI=1S/C26H23ClN4O2/c1-18-23(27)8-4-9-24(18)30-25(32)16-28-26(33)22-7-3-2-6-21(22)20-12-10-19(11-13-20)17-31-15-5-14-29-31/h2-15H,16-17H2,1H3,(H,28,33)(H,30,32). The quantitative estimate of drug-likeness (QED) is 0.412. The average molecular weight is 459 g/mol. The van der Waals surface area contributed by atoms with Crippen molar-refractivity contribution < 1.29 is 9.59 Å². The van der Waals surface area contributed by atoms with Gasteiger partial charge in [-0.25, -0.2) is 0 Å². The van der Waals surface area contributed by atoms with Crippen molar-refractivity contribution in [3.05, 3.63) is 107 Å². The Morgan fingerprint density at radius 1 is 0.970 bits per heavy atom. The molecule has 1 heterocycles. The molecule has 0 bridgehead atoms. The Morgan fingerprint density at radius 3 is 2.52 bits per heavy atom. The largest absolute Gasteiger partial charge is 0.343 e. The molecule has 0 atom stereocenters. The maximum atomic E-state index is 12.9. The van der Waals surface area contributed by atoms with Crippen LogP contribution in [0.3, 0.4) is 0 Å². The minimum atomic E-state index is -0.325.